The molecule has 1 aliphatic rings. The van der Waals surface area contributed by atoms with Crippen LogP contribution in [0.2, 0.25) is 0 Å². The Balaban J connectivity index is 1.29. The third kappa shape index (κ3) is 7.97. The number of benzene rings is 6. The fourth-order valence-electron chi connectivity index (χ4n) is 6.59. The van der Waals surface area contributed by atoms with Gasteiger partial charge in [0.1, 0.15) is 24.7 Å². The van der Waals surface area contributed by atoms with E-state index < -0.39 is 6.04 Å². The summed E-state index contributed by atoms with van der Waals surface area (Å²) in [5.74, 6) is 1.16. The normalized spacial score (nSPS) is 15.6. The second-order valence-corrected chi connectivity index (χ2v) is 12.4. The number of carbonyl (C=O) groups is 1. The van der Waals surface area contributed by atoms with Crippen molar-refractivity contribution < 1.29 is 19.0 Å². The summed E-state index contributed by atoms with van der Waals surface area (Å²) in [6.45, 7) is 0.953. The molecule has 2 unspecified atom stereocenters. The summed E-state index contributed by atoms with van der Waals surface area (Å²) in [6, 6.07) is 56.2. The van der Waals surface area contributed by atoms with E-state index in [0.717, 1.165) is 50.8 Å². The van der Waals surface area contributed by atoms with E-state index in [1.54, 1.807) is 0 Å². The highest BCUT2D eigenvalue weighted by Crippen LogP contribution is 2.48. The minimum absolute atomic E-state index is 0.144. The molecule has 6 heteroatoms. The minimum Gasteiger partial charge on any atom is -0.489 e. The minimum atomic E-state index is -0.484. The number of methoxy groups -OCH3 is 1. The lowest BCUT2D eigenvalue weighted by Gasteiger charge is -2.46. The van der Waals surface area contributed by atoms with Crippen LogP contribution in [0.25, 0.3) is 0 Å². The number of nitrogens with one attached hydrogen (secondary N) is 1. The van der Waals surface area contributed by atoms with E-state index in [9.17, 15) is 4.79 Å². The first kappa shape index (κ1) is 33.2. The molecule has 6 aromatic carbocycles. The predicted octanol–water partition coefficient (Wildman–Crippen LogP) is 10.1. The van der Waals surface area contributed by atoms with Gasteiger partial charge >= 0.3 is 5.97 Å². The van der Waals surface area contributed by atoms with Crippen molar-refractivity contribution in [3.05, 3.63) is 203 Å². The number of esters is 1. The van der Waals surface area contributed by atoms with Crippen LogP contribution in [0.5, 0.6) is 11.5 Å². The Kier molecular flexibility index (Phi) is 10.4. The highest BCUT2D eigenvalue weighted by atomic mass is 16.5. The lowest BCUT2D eigenvalue weighted by Crippen LogP contribution is -2.41. The van der Waals surface area contributed by atoms with Gasteiger partial charge in [-0.25, -0.2) is 4.79 Å². The Morgan fingerprint density at radius 2 is 1.08 bits per heavy atom. The number of ether oxygens (including phenoxy) is 3. The van der Waals surface area contributed by atoms with Crippen LogP contribution in [-0.2, 0) is 22.7 Å². The Labute approximate surface area is 299 Å². The third-order valence-corrected chi connectivity index (χ3v) is 9.10. The van der Waals surface area contributed by atoms with Gasteiger partial charge in [-0.1, -0.05) is 121 Å². The first-order valence-corrected chi connectivity index (χ1v) is 17.2. The molecule has 0 radical (unpaired) electrons. The van der Waals surface area contributed by atoms with E-state index in [0.29, 0.717) is 25.2 Å². The molecule has 51 heavy (non-hydrogen) atoms. The van der Waals surface area contributed by atoms with E-state index in [-0.39, 0.29) is 12.0 Å². The molecule has 0 saturated heterocycles. The maximum Gasteiger partial charge on any atom is 0.337 e. The second-order valence-electron chi connectivity index (χ2n) is 12.4. The van der Waals surface area contributed by atoms with Gasteiger partial charge in [-0.15, -0.1) is 0 Å². The van der Waals surface area contributed by atoms with Crippen LogP contribution in [0, 0.1) is 0 Å². The Hall–Kier alpha value is -6.27. The van der Waals surface area contributed by atoms with Crippen LogP contribution < -0.4 is 19.7 Å². The molecule has 254 valence electrons. The summed E-state index contributed by atoms with van der Waals surface area (Å²) in [7, 11) is 1.44. The summed E-state index contributed by atoms with van der Waals surface area (Å²) in [6.07, 6.45) is 0.535. The molecule has 0 saturated carbocycles. The highest BCUT2D eigenvalue weighted by Gasteiger charge is 2.41. The first-order valence-electron chi connectivity index (χ1n) is 17.2. The Bertz CT molecular complexity index is 2030. The molecular weight excluding hydrogens is 633 g/mol. The zero-order valence-electron chi connectivity index (χ0n) is 28.5. The van der Waals surface area contributed by atoms with Crippen LogP contribution in [0.3, 0.4) is 0 Å². The smallest absolute Gasteiger partial charge is 0.337 e. The molecule has 1 N–H and O–H groups in total. The van der Waals surface area contributed by atoms with Crippen LogP contribution in [0.15, 0.2) is 181 Å². The molecule has 0 spiro atoms. The van der Waals surface area contributed by atoms with Gasteiger partial charge in [0, 0.05) is 23.5 Å². The third-order valence-electron chi connectivity index (χ3n) is 9.10. The number of para-hydroxylation sites is 2. The standard InChI is InChI=1S/C45H40N2O4/c1-49-45(48)43-41(46-37-18-10-4-11-19-37)30-42(35-22-26-39(27-23-35)50-31-33-14-6-2-7-15-33)47(38-20-12-5-13-21-38)44(43)36-24-28-40(29-25-36)51-32-34-16-8-3-9-17-34/h2-29,42,44,46H,30-32H2,1H3. The zero-order valence-corrected chi connectivity index (χ0v) is 28.5. The van der Waals surface area contributed by atoms with Crippen LogP contribution in [-0.4, -0.2) is 13.1 Å². The summed E-state index contributed by atoms with van der Waals surface area (Å²) in [5, 5.41) is 3.62. The number of hydrogen-bond donors (Lipinski definition) is 1. The van der Waals surface area contributed by atoms with Gasteiger partial charge in [-0.2, -0.15) is 0 Å². The summed E-state index contributed by atoms with van der Waals surface area (Å²) >= 11 is 0. The van der Waals surface area contributed by atoms with Gasteiger partial charge in [-0.3, -0.25) is 0 Å². The SMILES string of the molecule is COC(=O)C1=C(Nc2ccccc2)CC(c2ccc(OCc3ccccc3)cc2)N(c2ccccc2)C1c1ccc(OCc2ccccc2)cc1. The van der Waals surface area contributed by atoms with Crippen molar-refractivity contribution in [2.24, 2.45) is 0 Å². The largest absolute Gasteiger partial charge is 0.489 e. The lowest BCUT2D eigenvalue weighted by atomic mass is 9.84. The highest BCUT2D eigenvalue weighted by molar-refractivity contribution is 5.93. The summed E-state index contributed by atoms with van der Waals surface area (Å²) < 4.78 is 17.8. The predicted molar refractivity (Wildman–Crippen MR) is 203 cm³/mol. The van der Waals surface area contributed by atoms with Crippen molar-refractivity contribution in [3.8, 4) is 11.5 Å². The van der Waals surface area contributed by atoms with Gasteiger partial charge in [0.05, 0.1) is 24.8 Å². The lowest BCUT2D eigenvalue weighted by molar-refractivity contribution is -0.136. The fraction of sp³-hybridized carbons (Fsp3) is 0.133. The number of rotatable bonds is 12. The van der Waals surface area contributed by atoms with Crippen LogP contribution in [0.4, 0.5) is 11.4 Å². The average Bonchev–Trinajstić information content (AvgIpc) is 3.20. The van der Waals surface area contributed by atoms with E-state index in [1.165, 1.54) is 7.11 Å². The molecule has 1 heterocycles. The average molecular weight is 673 g/mol. The van der Waals surface area contributed by atoms with Crippen molar-refractivity contribution in [2.45, 2.75) is 31.7 Å². The van der Waals surface area contributed by atoms with E-state index in [4.69, 9.17) is 14.2 Å². The molecular formula is C45H40N2O4. The summed E-state index contributed by atoms with van der Waals surface area (Å²) in [4.78, 5) is 16.3. The van der Waals surface area contributed by atoms with Crippen molar-refractivity contribution in [2.75, 3.05) is 17.3 Å². The zero-order chi connectivity index (χ0) is 34.8. The van der Waals surface area contributed by atoms with Crippen molar-refractivity contribution >= 4 is 17.3 Å². The topological polar surface area (TPSA) is 60.0 Å². The van der Waals surface area contributed by atoms with Crippen LogP contribution >= 0.6 is 0 Å². The van der Waals surface area contributed by atoms with E-state index >= 15 is 0 Å². The molecule has 0 aliphatic carbocycles. The number of hydrogen-bond acceptors (Lipinski definition) is 6. The van der Waals surface area contributed by atoms with Gasteiger partial charge in [0.2, 0.25) is 0 Å². The van der Waals surface area contributed by atoms with E-state index in [1.807, 2.05) is 133 Å². The first-order chi connectivity index (χ1) is 25.2. The Morgan fingerprint density at radius 3 is 1.59 bits per heavy atom. The van der Waals surface area contributed by atoms with Crippen molar-refractivity contribution in [1.29, 1.82) is 0 Å². The van der Waals surface area contributed by atoms with Gasteiger partial charge in [-0.05, 0) is 70.8 Å². The van der Waals surface area contributed by atoms with Gasteiger partial charge in [0.25, 0.3) is 0 Å². The van der Waals surface area contributed by atoms with E-state index in [2.05, 4.69) is 46.6 Å². The molecule has 6 aromatic rings. The molecule has 0 amide bonds. The van der Waals surface area contributed by atoms with Crippen molar-refractivity contribution in [3.63, 3.8) is 0 Å². The maximum atomic E-state index is 13.9. The molecule has 0 bridgehead atoms. The van der Waals surface area contributed by atoms with Crippen LogP contribution in [0.1, 0.15) is 40.8 Å². The number of carbonyl (C=O) groups excluding carboxylic acids is 1. The molecule has 7 rings (SSSR count). The fourth-order valence-corrected chi connectivity index (χ4v) is 6.59. The molecule has 1 aliphatic heterocycles. The number of nitrogens with zero attached hydrogens (tertiary/aromatic N) is 1. The van der Waals surface area contributed by atoms with Crippen molar-refractivity contribution in [1.82, 2.24) is 0 Å². The molecule has 2 atom stereocenters. The van der Waals surface area contributed by atoms with Gasteiger partial charge in [0.15, 0.2) is 0 Å². The quantitative estimate of drug-likeness (QED) is 0.131. The number of anilines is 2. The monoisotopic (exact) mass is 672 g/mol. The molecule has 0 aromatic heterocycles. The van der Waals surface area contributed by atoms with Gasteiger partial charge < -0.3 is 24.4 Å². The second kappa shape index (κ2) is 16.0. The maximum absolute atomic E-state index is 13.9. The molecule has 0 fully saturated rings. The molecule has 6 nitrogen and oxygen atoms in total. The Morgan fingerprint density at radius 1 is 0.608 bits per heavy atom. The summed E-state index contributed by atoms with van der Waals surface area (Å²) in [5.41, 5.74) is 7.49.